The maximum Gasteiger partial charge on any atom is 0.252 e. The lowest BCUT2D eigenvalue weighted by molar-refractivity contribution is 0.250. The van der Waals surface area contributed by atoms with E-state index in [9.17, 15) is 8.42 Å². The Labute approximate surface area is 102 Å². The molecule has 1 fully saturated rings. The molecule has 0 N–H and O–H groups in total. The molecule has 0 aromatic carbocycles. The maximum absolute atomic E-state index is 12.1. The molecule has 84 valence electrons. The highest BCUT2D eigenvalue weighted by molar-refractivity contribution is 9.11. The smallest absolute Gasteiger partial charge is 0.206 e. The largest absolute Gasteiger partial charge is 0.252 e. The molecule has 1 aliphatic rings. The molecule has 0 spiro atoms. The summed E-state index contributed by atoms with van der Waals surface area (Å²) in [7, 11) is -1.58. The van der Waals surface area contributed by atoms with Gasteiger partial charge in [-0.3, -0.25) is 0 Å². The van der Waals surface area contributed by atoms with Crippen molar-refractivity contribution in [1.82, 2.24) is 4.31 Å². The Morgan fingerprint density at radius 2 is 2.13 bits per heavy atom. The second kappa shape index (κ2) is 4.16. The molecule has 0 amide bonds. The molecule has 2 rings (SSSR count). The maximum atomic E-state index is 12.1. The van der Waals surface area contributed by atoms with Crippen molar-refractivity contribution in [3.05, 3.63) is 15.9 Å². The van der Waals surface area contributed by atoms with Crippen LogP contribution in [-0.4, -0.2) is 25.8 Å². The van der Waals surface area contributed by atoms with Crippen LogP contribution in [0.15, 0.2) is 20.1 Å². The third-order valence-electron chi connectivity index (χ3n) is 2.77. The second-order valence-corrected chi connectivity index (χ2v) is 8.35. The Balaban J connectivity index is 2.26. The molecule has 0 bridgehead atoms. The summed E-state index contributed by atoms with van der Waals surface area (Å²) >= 11 is 4.54. The van der Waals surface area contributed by atoms with Gasteiger partial charge in [0.1, 0.15) is 4.21 Å². The fourth-order valence-electron chi connectivity index (χ4n) is 1.52. The Hall–Kier alpha value is 0.0900. The van der Waals surface area contributed by atoms with Gasteiger partial charge in [-0.1, -0.05) is 6.42 Å². The molecule has 1 aromatic rings. The van der Waals surface area contributed by atoms with Gasteiger partial charge in [0.25, 0.3) is 10.0 Å². The lowest BCUT2D eigenvalue weighted by Gasteiger charge is -2.33. The molecule has 6 heteroatoms. The fraction of sp³-hybridized carbons (Fsp3) is 0.556. The van der Waals surface area contributed by atoms with Crippen molar-refractivity contribution >= 4 is 37.3 Å². The standard InChI is InChI=1S/C9H12BrNO2S2/c1-11(7-3-2-4-7)15(12,13)9-6-5-8(10)14-9/h5-7H,2-4H2,1H3. The molecule has 15 heavy (non-hydrogen) atoms. The van der Waals surface area contributed by atoms with E-state index < -0.39 is 10.0 Å². The minimum Gasteiger partial charge on any atom is -0.206 e. The number of hydrogen-bond donors (Lipinski definition) is 0. The third-order valence-corrected chi connectivity index (χ3v) is 6.77. The number of sulfonamides is 1. The highest BCUT2D eigenvalue weighted by atomic mass is 79.9. The Kier molecular flexibility index (Phi) is 3.21. The summed E-state index contributed by atoms with van der Waals surface area (Å²) in [5.74, 6) is 0. The number of hydrogen-bond acceptors (Lipinski definition) is 3. The van der Waals surface area contributed by atoms with Gasteiger partial charge in [-0.05, 0) is 40.9 Å². The molecular weight excluding hydrogens is 298 g/mol. The Bertz CT molecular complexity index is 450. The monoisotopic (exact) mass is 309 g/mol. The van der Waals surface area contributed by atoms with E-state index in [1.807, 2.05) is 0 Å². The van der Waals surface area contributed by atoms with E-state index in [2.05, 4.69) is 15.9 Å². The van der Waals surface area contributed by atoms with E-state index in [1.54, 1.807) is 19.2 Å². The van der Waals surface area contributed by atoms with Crippen LogP contribution >= 0.6 is 27.3 Å². The zero-order valence-electron chi connectivity index (χ0n) is 8.31. The van der Waals surface area contributed by atoms with Gasteiger partial charge in [-0.15, -0.1) is 11.3 Å². The normalized spacial score (nSPS) is 18.1. The summed E-state index contributed by atoms with van der Waals surface area (Å²) in [6, 6.07) is 3.63. The van der Waals surface area contributed by atoms with Crippen molar-refractivity contribution in [2.45, 2.75) is 29.5 Å². The quantitative estimate of drug-likeness (QED) is 0.861. The van der Waals surface area contributed by atoms with Gasteiger partial charge >= 0.3 is 0 Å². The molecule has 0 unspecified atom stereocenters. The number of halogens is 1. The summed E-state index contributed by atoms with van der Waals surface area (Å²) < 4.78 is 27.0. The van der Waals surface area contributed by atoms with Crippen LogP contribution in [0.2, 0.25) is 0 Å². The van der Waals surface area contributed by atoms with Gasteiger partial charge in [0.05, 0.1) is 3.79 Å². The van der Waals surface area contributed by atoms with E-state index in [4.69, 9.17) is 0 Å². The third kappa shape index (κ3) is 2.13. The summed E-state index contributed by atoms with van der Waals surface area (Å²) in [5.41, 5.74) is 0. The highest BCUT2D eigenvalue weighted by Gasteiger charge is 2.32. The molecule has 0 saturated heterocycles. The van der Waals surface area contributed by atoms with Crippen molar-refractivity contribution in [1.29, 1.82) is 0 Å². The van der Waals surface area contributed by atoms with Crippen LogP contribution in [0.4, 0.5) is 0 Å². The first kappa shape index (κ1) is 11.6. The number of nitrogens with zero attached hydrogens (tertiary/aromatic N) is 1. The summed E-state index contributed by atoms with van der Waals surface area (Å²) in [6.07, 6.45) is 3.11. The van der Waals surface area contributed by atoms with E-state index in [0.717, 1.165) is 23.0 Å². The Morgan fingerprint density at radius 3 is 2.53 bits per heavy atom. The van der Waals surface area contributed by atoms with Gasteiger partial charge in [0.15, 0.2) is 0 Å². The van der Waals surface area contributed by atoms with Crippen molar-refractivity contribution < 1.29 is 8.42 Å². The van der Waals surface area contributed by atoms with E-state index in [-0.39, 0.29) is 6.04 Å². The molecule has 1 saturated carbocycles. The first-order chi connectivity index (χ1) is 7.01. The molecule has 1 heterocycles. The van der Waals surface area contributed by atoms with Crippen molar-refractivity contribution in [2.24, 2.45) is 0 Å². The second-order valence-electron chi connectivity index (χ2n) is 3.66. The number of rotatable bonds is 3. The fourth-order valence-corrected chi connectivity index (χ4v) is 5.14. The van der Waals surface area contributed by atoms with Crippen LogP contribution < -0.4 is 0 Å². The zero-order chi connectivity index (χ0) is 11.1. The minimum absolute atomic E-state index is 0.205. The van der Waals surface area contributed by atoms with Gasteiger partial charge in [0, 0.05) is 13.1 Å². The van der Waals surface area contributed by atoms with Crippen LogP contribution in [0.1, 0.15) is 19.3 Å². The van der Waals surface area contributed by atoms with Crippen LogP contribution in [0.5, 0.6) is 0 Å². The van der Waals surface area contributed by atoms with Gasteiger partial charge in [-0.25, -0.2) is 8.42 Å². The SMILES string of the molecule is CN(C1CCC1)S(=O)(=O)c1ccc(Br)s1. The Morgan fingerprint density at radius 1 is 1.47 bits per heavy atom. The van der Waals surface area contributed by atoms with Crippen molar-refractivity contribution in [3.63, 3.8) is 0 Å². The van der Waals surface area contributed by atoms with E-state index >= 15 is 0 Å². The minimum atomic E-state index is -3.26. The molecule has 3 nitrogen and oxygen atoms in total. The first-order valence-electron chi connectivity index (χ1n) is 4.75. The summed E-state index contributed by atoms with van der Waals surface area (Å²) in [4.78, 5) is 0. The topological polar surface area (TPSA) is 37.4 Å². The summed E-state index contributed by atoms with van der Waals surface area (Å²) in [5, 5.41) is 0. The first-order valence-corrected chi connectivity index (χ1v) is 7.80. The van der Waals surface area contributed by atoms with Crippen molar-refractivity contribution in [2.75, 3.05) is 7.05 Å². The van der Waals surface area contributed by atoms with E-state index in [0.29, 0.717) is 4.21 Å². The predicted octanol–water partition coefficient (Wildman–Crippen LogP) is 2.68. The molecule has 1 aromatic heterocycles. The predicted molar refractivity (Wildman–Crippen MR) is 64.6 cm³/mol. The van der Waals surface area contributed by atoms with Crippen LogP contribution in [-0.2, 0) is 10.0 Å². The van der Waals surface area contributed by atoms with Crippen LogP contribution in [0.25, 0.3) is 0 Å². The van der Waals surface area contributed by atoms with Gasteiger partial charge in [0.2, 0.25) is 0 Å². The lowest BCUT2D eigenvalue weighted by Crippen LogP contribution is -2.40. The molecular formula is C9H12BrNO2S2. The number of thiophene rings is 1. The van der Waals surface area contributed by atoms with Gasteiger partial charge < -0.3 is 0 Å². The van der Waals surface area contributed by atoms with Crippen molar-refractivity contribution in [3.8, 4) is 0 Å². The zero-order valence-corrected chi connectivity index (χ0v) is 11.5. The highest BCUT2D eigenvalue weighted by Crippen LogP contribution is 2.32. The van der Waals surface area contributed by atoms with E-state index in [1.165, 1.54) is 15.6 Å². The molecule has 1 aliphatic carbocycles. The molecule has 0 aliphatic heterocycles. The molecule has 0 atom stereocenters. The summed E-state index contributed by atoms with van der Waals surface area (Å²) in [6.45, 7) is 0. The lowest BCUT2D eigenvalue weighted by atomic mass is 9.94. The average Bonchev–Trinajstić information content (AvgIpc) is 2.49. The molecule has 0 radical (unpaired) electrons. The average molecular weight is 310 g/mol. The van der Waals surface area contributed by atoms with Crippen LogP contribution in [0, 0.1) is 0 Å². The van der Waals surface area contributed by atoms with Gasteiger partial charge in [-0.2, -0.15) is 4.31 Å². The van der Waals surface area contributed by atoms with Crippen LogP contribution in [0.3, 0.4) is 0 Å².